The van der Waals surface area contributed by atoms with E-state index in [0.717, 1.165) is 10.0 Å². The molecule has 2 rings (SSSR count). The minimum absolute atomic E-state index is 0.311. The average Bonchev–Trinajstić information content (AvgIpc) is 2.49. The second-order valence-corrected chi connectivity index (χ2v) is 5.87. The number of carbonyl (C=O) groups excluding carboxylic acids is 2. The molecule has 0 unspecified atom stereocenters. The molecule has 0 saturated carbocycles. The first-order valence-electron chi connectivity index (χ1n) is 6.85. The summed E-state index contributed by atoms with van der Waals surface area (Å²) in [6.07, 6.45) is 0.0364. The van der Waals surface area contributed by atoms with Crippen molar-refractivity contribution in [1.82, 2.24) is 0 Å². The minimum Gasteiger partial charge on any atom is -0.550 e. The first-order chi connectivity index (χ1) is 10.5. The Kier molecular flexibility index (Phi) is 5.72. The molecule has 0 aromatic heterocycles. The fourth-order valence-electron chi connectivity index (χ4n) is 2.13. The second kappa shape index (κ2) is 7.75. The third-order valence-electron chi connectivity index (χ3n) is 3.22. The van der Waals surface area contributed by atoms with Crippen LogP contribution in [0.25, 0.3) is 0 Å². The number of nitrogens with one attached hydrogen (secondary N) is 1. The Balaban J connectivity index is 2.09. The van der Waals surface area contributed by atoms with E-state index in [2.05, 4.69) is 21.2 Å². The molecule has 0 aliphatic heterocycles. The molecule has 1 atom stereocenters. The highest BCUT2D eigenvalue weighted by Gasteiger charge is 2.19. The Morgan fingerprint density at radius 2 is 1.68 bits per heavy atom. The molecule has 1 N–H and O–H groups in total. The minimum atomic E-state index is -1.23. The van der Waals surface area contributed by atoms with E-state index in [4.69, 9.17) is 0 Å². The highest BCUT2D eigenvalue weighted by molar-refractivity contribution is 9.10. The summed E-state index contributed by atoms with van der Waals surface area (Å²) in [5, 5.41) is 13.7. The number of halogens is 1. The lowest BCUT2D eigenvalue weighted by molar-refractivity contribution is -0.306. The summed E-state index contributed by atoms with van der Waals surface area (Å²) in [6, 6.07) is 16.4. The highest BCUT2D eigenvalue weighted by Crippen LogP contribution is 2.18. The number of carbonyl (C=O) groups is 2. The van der Waals surface area contributed by atoms with E-state index in [1.165, 1.54) is 0 Å². The van der Waals surface area contributed by atoms with Gasteiger partial charge in [0.1, 0.15) is 0 Å². The molecule has 114 valence electrons. The van der Waals surface area contributed by atoms with Gasteiger partial charge in [-0.25, -0.2) is 0 Å². The van der Waals surface area contributed by atoms with Crippen LogP contribution in [-0.2, 0) is 16.0 Å². The molecule has 0 aliphatic carbocycles. The van der Waals surface area contributed by atoms with Crippen LogP contribution in [0, 0.1) is 5.92 Å². The summed E-state index contributed by atoms with van der Waals surface area (Å²) >= 11 is 3.34. The van der Waals surface area contributed by atoms with Gasteiger partial charge in [0, 0.05) is 22.0 Å². The number of para-hydroxylation sites is 1. The normalized spacial score (nSPS) is 11.7. The number of hydrogen-bond acceptors (Lipinski definition) is 3. The molecule has 4 nitrogen and oxygen atoms in total. The number of benzene rings is 2. The molecule has 0 aliphatic rings. The van der Waals surface area contributed by atoms with Gasteiger partial charge < -0.3 is 15.2 Å². The van der Waals surface area contributed by atoms with E-state index in [0.29, 0.717) is 12.1 Å². The Morgan fingerprint density at radius 3 is 2.27 bits per heavy atom. The van der Waals surface area contributed by atoms with Crippen LogP contribution in [0.4, 0.5) is 5.69 Å². The van der Waals surface area contributed by atoms with Gasteiger partial charge in [-0.3, -0.25) is 4.79 Å². The lowest BCUT2D eigenvalue weighted by Crippen LogP contribution is -2.32. The van der Waals surface area contributed by atoms with Gasteiger partial charge in [0.25, 0.3) is 0 Å². The predicted octanol–water partition coefficient (Wildman–Crippen LogP) is 2.39. The zero-order valence-electron chi connectivity index (χ0n) is 11.8. The highest BCUT2D eigenvalue weighted by atomic mass is 79.9. The summed E-state index contributed by atoms with van der Waals surface area (Å²) in [5.74, 6) is -2.23. The lowest BCUT2D eigenvalue weighted by Gasteiger charge is -2.17. The molecule has 2 aromatic rings. The Hall–Kier alpha value is -2.14. The molecule has 0 radical (unpaired) electrons. The van der Waals surface area contributed by atoms with Gasteiger partial charge in [-0.2, -0.15) is 0 Å². The summed E-state index contributed by atoms with van der Waals surface area (Å²) < 4.78 is 0.932. The zero-order chi connectivity index (χ0) is 15.9. The third-order valence-corrected chi connectivity index (χ3v) is 3.75. The first-order valence-corrected chi connectivity index (χ1v) is 7.64. The first kappa shape index (κ1) is 16.2. The fraction of sp³-hybridized carbons (Fsp3) is 0.176. The molecule has 2 aromatic carbocycles. The fourth-order valence-corrected chi connectivity index (χ4v) is 2.39. The number of amides is 1. The number of hydrogen-bond donors (Lipinski definition) is 1. The summed E-state index contributed by atoms with van der Waals surface area (Å²) in [4.78, 5) is 23.2. The molecular formula is C17H15BrNO3-. The Labute approximate surface area is 137 Å². The maximum absolute atomic E-state index is 12.3. The van der Waals surface area contributed by atoms with E-state index in [9.17, 15) is 14.7 Å². The molecule has 5 heteroatoms. The van der Waals surface area contributed by atoms with Crippen molar-refractivity contribution in [1.29, 1.82) is 0 Å². The second-order valence-electron chi connectivity index (χ2n) is 4.96. The molecule has 0 spiro atoms. The van der Waals surface area contributed by atoms with Gasteiger partial charge in [-0.15, -0.1) is 0 Å². The van der Waals surface area contributed by atoms with Gasteiger partial charge in [0.15, 0.2) is 0 Å². The van der Waals surface area contributed by atoms with E-state index in [1.807, 2.05) is 30.3 Å². The van der Waals surface area contributed by atoms with Gasteiger partial charge in [-0.1, -0.05) is 46.3 Å². The van der Waals surface area contributed by atoms with Crippen LogP contribution in [0.1, 0.15) is 12.0 Å². The monoisotopic (exact) mass is 360 g/mol. The van der Waals surface area contributed by atoms with Crippen molar-refractivity contribution in [3.05, 3.63) is 64.6 Å². The van der Waals surface area contributed by atoms with Crippen molar-refractivity contribution in [2.24, 2.45) is 5.92 Å². The lowest BCUT2D eigenvalue weighted by atomic mass is 9.95. The van der Waals surface area contributed by atoms with Gasteiger partial charge >= 0.3 is 0 Å². The van der Waals surface area contributed by atoms with Crippen LogP contribution in [0.5, 0.6) is 0 Å². The number of rotatable bonds is 6. The SMILES string of the molecule is O=C([O-])C[C@@H](Cc1ccc(Br)cc1)C(=O)Nc1ccccc1. The average molecular weight is 361 g/mol. The van der Waals surface area contributed by atoms with E-state index in [1.54, 1.807) is 24.3 Å². The summed E-state index contributed by atoms with van der Waals surface area (Å²) in [5.41, 5.74) is 1.55. The number of carboxylic acid groups (broad SMARTS) is 1. The quantitative estimate of drug-likeness (QED) is 0.859. The Bertz CT molecular complexity index is 641. The van der Waals surface area contributed by atoms with Crippen LogP contribution in [0.2, 0.25) is 0 Å². The van der Waals surface area contributed by atoms with Gasteiger partial charge in [0.2, 0.25) is 5.91 Å². The van der Waals surface area contributed by atoms with Crippen molar-refractivity contribution in [3.63, 3.8) is 0 Å². The number of anilines is 1. The predicted molar refractivity (Wildman–Crippen MR) is 86.0 cm³/mol. The van der Waals surface area contributed by atoms with Crippen LogP contribution in [0.3, 0.4) is 0 Å². The number of aliphatic carboxylic acids is 1. The Morgan fingerprint density at radius 1 is 1.05 bits per heavy atom. The molecule has 0 heterocycles. The summed E-state index contributed by atoms with van der Waals surface area (Å²) in [6.45, 7) is 0. The maximum atomic E-state index is 12.3. The molecule has 0 fully saturated rings. The third kappa shape index (κ3) is 5.00. The van der Waals surface area contributed by atoms with E-state index in [-0.39, 0.29) is 12.3 Å². The van der Waals surface area contributed by atoms with E-state index < -0.39 is 11.9 Å². The van der Waals surface area contributed by atoms with Crippen molar-refractivity contribution in [2.75, 3.05) is 5.32 Å². The maximum Gasteiger partial charge on any atom is 0.228 e. The summed E-state index contributed by atoms with van der Waals surface area (Å²) in [7, 11) is 0. The van der Waals surface area contributed by atoms with Crippen LogP contribution in [-0.4, -0.2) is 11.9 Å². The van der Waals surface area contributed by atoms with Crippen LogP contribution >= 0.6 is 15.9 Å². The molecule has 0 saturated heterocycles. The van der Waals surface area contributed by atoms with Crippen molar-refractivity contribution >= 4 is 33.5 Å². The van der Waals surface area contributed by atoms with Gasteiger partial charge in [-0.05, 0) is 42.7 Å². The van der Waals surface area contributed by atoms with Crippen molar-refractivity contribution in [2.45, 2.75) is 12.8 Å². The number of carboxylic acids is 1. The molecule has 0 bridgehead atoms. The largest absolute Gasteiger partial charge is 0.550 e. The molecule has 22 heavy (non-hydrogen) atoms. The standard InChI is InChI=1S/C17H16BrNO3/c18-14-8-6-12(7-9-14)10-13(11-16(20)21)17(22)19-15-4-2-1-3-5-15/h1-9,13H,10-11H2,(H,19,22)(H,20,21)/p-1/t13-/m1/s1. The van der Waals surface area contributed by atoms with Crippen molar-refractivity contribution in [3.8, 4) is 0 Å². The molecule has 1 amide bonds. The topological polar surface area (TPSA) is 69.2 Å². The molecular weight excluding hydrogens is 346 g/mol. The van der Waals surface area contributed by atoms with Crippen LogP contribution < -0.4 is 10.4 Å². The van der Waals surface area contributed by atoms with Crippen molar-refractivity contribution < 1.29 is 14.7 Å². The zero-order valence-corrected chi connectivity index (χ0v) is 13.4. The van der Waals surface area contributed by atoms with Gasteiger partial charge in [0.05, 0.1) is 0 Å². The van der Waals surface area contributed by atoms with E-state index >= 15 is 0 Å². The smallest absolute Gasteiger partial charge is 0.228 e. The van der Waals surface area contributed by atoms with Crippen LogP contribution in [0.15, 0.2) is 59.1 Å².